The second-order valence-electron chi connectivity index (χ2n) is 3.78. The molecule has 2 N–H and O–H groups in total. The van der Waals surface area contributed by atoms with Crippen molar-refractivity contribution in [1.82, 2.24) is 15.2 Å². The third kappa shape index (κ3) is 3.32. The van der Waals surface area contributed by atoms with Crippen LogP contribution in [0.25, 0.3) is 0 Å². The van der Waals surface area contributed by atoms with Crippen LogP contribution in [-0.2, 0) is 7.05 Å². The molecule has 0 spiro atoms. The van der Waals surface area contributed by atoms with E-state index in [4.69, 9.17) is 11.6 Å². The molecule has 98 valence electrons. The topological polar surface area (TPSA) is 79.5 Å². The van der Waals surface area contributed by atoms with Gasteiger partial charge in [0.25, 0.3) is 5.91 Å². The van der Waals surface area contributed by atoms with Crippen molar-refractivity contribution in [3.05, 3.63) is 46.7 Å². The van der Waals surface area contributed by atoms with Crippen LogP contribution in [-0.4, -0.2) is 27.0 Å². The van der Waals surface area contributed by atoms with Crippen LogP contribution in [0.4, 0.5) is 0 Å². The van der Waals surface area contributed by atoms with E-state index < -0.39 is 5.91 Å². The fourth-order valence-corrected chi connectivity index (χ4v) is 1.56. The van der Waals surface area contributed by atoms with Crippen molar-refractivity contribution in [3.8, 4) is 5.75 Å². The number of aromatic hydroxyl groups is 1. The van der Waals surface area contributed by atoms with Gasteiger partial charge in [0, 0.05) is 23.8 Å². The van der Waals surface area contributed by atoms with Crippen LogP contribution in [0.2, 0.25) is 5.02 Å². The highest BCUT2D eigenvalue weighted by Crippen LogP contribution is 2.19. The van der Waals surface area contributed by atoms with Gasteiger partial charge in [-0.15, -0.1) is 0 Å². The first-order valence-corrected chi connectivity index (χ1v) is 5.75. The van der Waals surface area contributed by atoms with Crippen molar-refractivity contribution in [2.75, 3.05) is 0 Å². The Kier molecular flexibility index (Phi) is 3.82. The molecule has 1 heterocycles. The monoisotopic (exact) mass is 278 g/mol. The Morgan fingerprint density at radius 2 is 2.32 bits per heavy atom. The number of halogens is 1. The first-order chi connectivity index (χ1) is 9.06. The van der Waals surface area contributed by atoms with Gasteiger partial charge in [-0.25, -0.2) is 5.43 Å². The molecule has 2 rings (SSSR count). The Balaban J connectivity index is 2.04. The number of nitrogens with zero attached hydrogens (tertiary/aromatic N) is 3. The van der Waals surface area contributed by atoms with E-state index >= 15 is 0 Å². The summed E-state index contributed by atoms with van der Waals surface area (Å²) in [4.78, 5) is 11.6. The first-order valence-electron chi connectivity index (χ1n) is 5.38. The number of hydrogen-bond donors (Lipinski definition) is 2. The first kappa shape index (κ1) is 13.1. The van der Waals surface area contributed by atoms with E-state index in [2.05, 4.69) is 15.6 Å². The van der Waals surface area contributed by atoms with E-state index in [-0.39, 0.29) is 11.4 Å². The molecule has 0 fully saturated rings. The second kappa shape index (κ2) is 5.53. The third-order valence-electron chi connectivity index (χ3n) is 2.31. The van der Waals surface area contributed by atoms with Gasteiger partial charge in [0.15, 0.2) is 5.69 Å². The van der Waals surface area contributed by atoms with Gasteiger partial charge in [0.2, 0.25) is 0 Å². The minimum atomic E-state index is -0.432. The maximum Gasteiger partial charge on any atom is 0.291 e. The highest BCUT2D eigenvalue weighted by Gasteiger charge is 2.07. The normalized spacial score (nSPS) is 10.8. The molecule has 19 heavy (non-hydrogen) atoms. The standard InChI is InChI=1S/C12H11ClN4O2/c1-17-5-4-10(16-17)12(19)15-14-7-8-6-9(13)2-3-11(8)18/h2-7,18H,1H3,(H,15,19). The van der Waals surface area contributed by atoms with Crippen molar-refractivity contribution >= 4 is 23.7 Å². The van der Waals surface area contributed by atoms with Gasteiger partial charge in [-0.2, -0.15) is 10.2 Å². The van der Waals surface area contributed by atoms with E-state index in [9.17, 15) is 9.90 Å². The van der Waals surface area contributed by atoms with Crippen LogP contribution < -0.4 is 5.43 Å². The molecule has 7 heteroatoms. The molecule has 6 nitrogen and oxygen atoms in total. The molecule has 0 aliphatic rings. The predicted octanol–water partition coefficient (Wildman–Crippen LogP) is 1.54. The van der Waals surface area contributed by atoms with E-state index in [0.717, 1.165) is 0 Å². The van der Waals surface area contributed by atoms with Gasteiger partial charge in [-0.05, 0) is 24.3 Å². The zero-order chi connectivity index (χ0) is 13.8. The molecule has 0 bridgehead atoms. The molecule has 0 saturated carbocycles. The van der Waals surface area contributed by atoms with Crippen LogP contribution in [0.3, 0.4) is 0 Å². The summed E-state index contributed by atoms with van der Waals surface area (Å²) in [5.41, 5.74) is 2.98. The predicted molar refractivity (Wildman–Crippen MR) is 71.4 cm³/mol. The molecule has 0 aliphatic heterocycles. The minimum absolute atomic E-state index is 0.0280. The summed E-state index contributed by atoms with van der Waals surface area (Å²) in [6.45, 7) is 0. The number of hydrazone groups is 1. The highest BCUT2D eigenvalue weighted by molar-refractivity contribution is 6.30. The largest absolute Gasteiger partial charge is 0.507 e. The van der Waals surface area contributed by atoms with Gasteiger partial charge in [0.1, 0.15) is 5.75 Å². The number of nitrogens with one attached hydrogen (secondary N) is 1. The van der Waals surface area contributed by atoms with E-state index in [0.29, 0.717) is 10.6 Å². The van der Waals surface area contributed by atoms with Crippen molar-refractivity contribution in [3.63, 3.8) is 0 Å². The molecular formula is C12H11ClN4O2. The minimum Gasteiger partial charge on any atom is -0.507 e. The number of phenols is 1. The molecule has 1 amide bonds. The zero-order valence-electron chi connectivity index (χ0n) is 10.0. The molecule has 1 aromatic heterocycles. The summed E-state index contributed by atoms with van der Waals surface area (Å²) in [6.07, 6.45) is 2.96. The summed E-state index contributed by atoms with van der Waals surface area (Å²) in [5.74, 6) is -0.404. The SMILES string of the molecule is Cn1ccc(C(=O)NN=Cc2cc(Cl)ccc2O)n1. The molecule has 1 aromatic carbocycles. The average Bonchev–Trinajstić information content (AvgIpc) is 2.80. The zero-order valence-corrected chi connectivity index (χ0v) is 10.8. The number of aryl methyl sites for hydroxylation is 1. The summed E-state index contributed by atoms with van der Waals surface area (Å²) in [7, 11) is 1.71. The lowest BCUT2D eigenvalue weighted by molar-refractivity contribution is 0.0949. The van der Waals surface area contributed by atoms with Crippen molar-refractivity contribution in [2.45, 2.75) is 0 Å². The maximum atomic E-state index is 11.6. The summed E-state index contributed by atoms with van der Waals surface area (Å²) < 4.78 is 1.52. The maximum absolute atomic E-state index is 11.6. The number of carbonyl (C=O) groups excluding carboxylic acids is 1. The van der Waals surface area contributed by atoms with E-state index in [1.54, 1.807) is 25.4 Å². The van der Waals surface area contributed by atoms with Gasteiger partial charge < -0.3 is 5.11 Å². The lowest BCUT2D eigenvalue weighted by atomic mass is 10.2. The molecule has 0 unspecified atom stereocenters. The molecule has 0 radical (unpaired) electrons. The van der Waals surface area contributed by atoms with Gasteiger partial charge in [0.05, 0.1) is 6.21 Å². The van der Waals surface area contributed by atoms with E-state index in [1.807, 2.05) is 0 Å². The second-order valence-corrected chi connectivity index (χ2v) is 4.21. The van der Waals surface area contributed by atoms with E-state index in [1.165, 1.54) is 23.0 Å². The Morgan fingerprint density at radius 1 is 1.53 bits per heavy atom. The number of rotatable bonds is 3. The molecule has 0 atom stereocenters. The van der Waals surface area contributed by atoms with Gasteiger partial charge in [-0.1, -0.05) is 11.6 Å². The summed E-state index contributed by atoms with van der Waals surface area (Å²) in [5, 5.41) is 17.7. The van der Waals surface area contributed by atoms with Crippen LogP contribution in [0.1, 0.15) is 16.1 Å². The smallest absolute Gasteiger partial charge is 0.291 e. The highest BCUT2D eigenvalue weighted by atomic mass is 35.5. The van der Waals surface area contributed by atoms with Crippen LogP contribution in [0, 0.1) is 0 Å². The van der Waals surface area contributed by atoms with Crippen molar-refractivity contribution in [1.29, 1.82) is 0 Å². The van der Waals surface area contributed by atoms with Crippen LogP contribution >= 0.6 is 11.6 Å². The quantitative estimate of drug-likeness (QED) is 0.660. The van der Waals surface area contributed by atoms with Crippen molar-refractivity contribution in [2.24, 2.45) is 12.1 Å². The number of benzene rings is 1. The third-order valence-corrected chi connectivity index (χ3v) is 2.54. The lowest BCUT2D eigenvalue weighted by Crippen LogP contribution is -2.18. The number of hydrogen-bond acceptors (Lipinski definition) is 4. The number of aromatic nitrogens is 2. The average molecular weight is 279 g/mol. The number of amides is 1. The van der Waals surface area contributed by atoms with Crippen molar-refractivity contribution < 1.29 is 9.90 Å². The number of phenolic OH excluding ortho intramolecular Hbond substituents is 1. The summed E-state index contributed by atoms with van der Waals surface area (Å²) in [6, 6.07) is 6.11. The number of carbonyl (C=O) groups is 1. The van der Waals surface area contributed by atoms with Gasteiger partial charge in [-0.3, -0.25) is 9.48 Å². The fraction of sp³-hybridized carbons (Fsp3) is 0.0833. The molecular weight excluding hydrogens is 268 g/mol. The van der Waals surface area contributed by atoms with Gasteiger partial charge >= 0.3 is 0 Å². The molecule has 2 aromatic rings. The summed E-state index contributed by atoms with van der Waals surface area (Å²) >= 11 is 5.78. The molecule has 0 aliphatic carbocycles. The Bertz CT molecular complexity index is 636. The Labute approximate surface area is 114 Å². The Hall–Kier alpha value is -2.34. The van der Waals surface area contributed by atoms with Crippen LogP contribution in [0.15, 0.2) is 35.6 Å². The lowest BCUT2D eigenvalue weighted by Gasteiger charge is -1.99. The fourth-order valence-electron chi connectivity index (χ4n) is 1.38. The van der Waals surface area contributed by atoms with Crippen LogP contribution in [0.5, 0.6) is 5.75 Å². The Morgan fingerprint density at radius 3 is 3.00 bits per heavy atom. The molecule has 0 saturated heterocycles.